The number of rotatable bonds is 10. The molecule has 0 unspecified atom stereocenters. The maximum atomic E-state index is 5.72. The Balaban J connectivity index is 1.51. The van der Waals surface area contributed by atoms with E-state index in [9.17, 15) is 0 Å². The van der Waals surface area contributed by atoms with Gasteiger partial charge in [-0.15, -0.1) is 0 Å². The monoisotopic (exact) mass is 548 g/mol. The zero-order chi connectivity index (χ0) is 28.1. The molecule has 2 atom stereocenters. The van der Waals surface area contributed by atoms with Crippen molar-refractivity contribution in [3.8, 4) is 17.0 Å². The smallest absolute Gasteiger partial charge is 0.229 e. The van der Waals surface area contributed by atoms with Crippen LogP contribution in [0.25, 0.3) is 22.3 Å². The Hall–Kier alpha value is -3.01. The highest BCUT2D eigenvalue weighted by Crippen LogP contribution is 2.32. The SMILES string of the molecule is COC[C@H](C)N(C)c1nc(N2CCOC[C@@H]2C)c2ccc(-c3ccc(OC)c(CNC4CCCCC4)c3)nc2n1. The fourth-order valence-electron chi connectivity index (χ4n) is 5.75. The molecule has 216 valence electrons. The zero-order valence-corrected chi connectivity index (χ0v) is 24.7. The van der Waals surface area contributed by atoms with Gasteiger partial charge in [0.25, 0.3) is 0 Å². The number of nitrogens with zero attached hydrogens (tertiary/aromatic N) is 5. The lowest BCUT2D eigenvalue weighted by Gasteiger charge is -2.35. The number of benzene rings is 1. The number of morpholine rings is 1. The standard InChI is InChI=1S/C31H44N6O3/c1-21(19-38-4)36(3)31-34-29-26(30(35-31)37-15-16-40-20-22(37)2)12-13-27(33-29)23-11-14-28(39-5)24(17-23)18-32-25-9-7-6-8-10-25/h11-14,17,21-22,25,32H,6-10,15-16,18-20H2,1-5H3/t21-,22-/m0/s1. The van der Waals surface area contributed by atoms with Gasteiger partial charge in [-0.25, -0.2) is 4.98 Å². The molecule has 9 heteroatoms. The first-order valence-electron chi connectivity index (χ1n) is 14.6. The number of nitrogens with one attached hydrogen (secondary N) is 1. The molecule has 1 saturated carbocycles. The number of hydrogen-bond acceptors (Lipinski definition) is 9. The highest BCUT2D eigenvalue weighted by atomic mass is 16.5. The van der Waals surface area contributed by atoms with Crippen molar-refractivity contribution < 1.29 is 14.2 Å². The summed E-state index contributed by atoms with van der Waals surface area (Å²) in [5.41, 5.74) is 3.76. The van der Waals surface area contributed by atoms with E-state index in [1.807, 2.05) is 13.1 Å². The molecule has 1 aliphatic carbocycles. The van der Waals surface area contributed by atoms with Gasteiger partial charge in [-0.3, -0.25) is 0 Å². The Bertz CT molecular complexity index is 1280. The van der Waals surface area contributed by atoms with Crippen LogP contribution in [0.3, 0.4) is 0 Å². The van der Waals surface area contributed by atoms with Crippen molar-refractivity contribution in [2.45, 2.75) is 70.6 Å². The van der Waals surface area contributed by atoms with Crippen molar-refractivity contribution in [2.75, 3.05) is 57.4 Å². The topological polar surface area (TPSA) is 84.9 Å². The highest BCUT2D eigenvalue weighted by Gasteiger charge is 2.25. The molecule has 9 nitrogen and oxygen atoms in total. The van der Waals surface area contributed by atoms with Gasteiger partial charge in [0.1, 0.15) is 11.6 Å². The predicted molar refractivity (Wildman–Crippen MR) is 160 cm³/mol. The van der Waals surface area contributed by atoms with Crippen LogP contribution in [0.15, 0.2) is 30.3 Å². The van der Waals surface area contributed by atoms with Crippen LogP contribution >= 0.6 is 0 Å². The summed E-state index contributed by atoms with van der Waals surface area (Å²) in [5, 5.41) is 4.70. The van der Waals surface area contributed by atoms with Gasteiger partial charge in [0.05, 0.1) is 50.1 Å². The number of pyridine rings is 1. The predicted octanol–water partition coefficient (Wildman–Crippen LogP) is 4.82. The van der Waals surface area contributed by atoms with Gasteiger partial charge in [0, 0.05) is 44.4 Å². The molecule has 1 aliphatic heterocycles. The summed E-state index contributed by atoms with van der Waals surface area (Å²) in [6.45, 7) is 7.77. The molecule has 0 amide bonds. The van der Waals surface area contributed by atoms with E-state index in [0.29, 0.717) is 37.5 Å². The first-order valence-corrected chi connectivity index (χ1v) is 14.6. The van der Waals surface area contributed by atoms with Crippen molar-refractivity contribution in [3.63, 3.8) is 0 Å². The highest BCUT2D eigenvalue weighted by molar-refractivity contribution is 5.90. The second-order valence-corrected chi connectivity index (χ2v) is 11.2. The third-order valence-electron chi connectivity index (χ3n) is 8.31. The van der Waals surface area contributed by atoms with E-state index in [-0.39, 0.29) is 12.1 Å². The molecule has 1 N–H and O–H groups in total. The summed E-state index contributed by atoms with van der Waals surface area (Å²) in [4.78, 5) is 19.5. The molecule has 5 rings (SSSR count). The summed E-state index contributed by atoms with van der Waals surface area (Å²) in [5.74, 6) is 2.44. The number of ether oxygens (including phenoxy) is 3. The van der Waals surface area contributed by atoms with Crippen molar-refractivity contribution in [2.24, 2.45) is 0 Å². The molecule has 2 aliphatic rings. The zero-order valence-electron chi connectivity index (χ0n) is 24.7. The summed E-state index contributed by atoms with van der Waals surface area (Å²) in [6, 6.07) is 11.4. The van der Waals surface area contributed by atoms with Gasteiger partial charge in [-0.05, 0) is 57.0 Å². The van der Waals surface area contributed by atoms with Gasteiger partial charge >= 0.3 is 0 Å². The summed E-state index contributed by atoms with van der Waals surface area (Å²) < 4.78 is 16.8. The van der Waals surface area contributed by atoms with E-state index >= 15 is 0 Å². The van der Waals surface area contributed by atoms with Crippen molar-refractivity contribution in [3.05, 3.63) is 35.9 Å². The first-order chi connectivity index (χ1) is 19.5. The van der Waals surface area contributed by atoms with Gasteiger partial charge < -0.3 is 29.3 Å². The van der Waals surface area contributed by atoms with Gasteiger partial charge in [-0.1, -0.05) is 19.3 Å². The van der Waals surface area contributed by atoms with E-state index in [4.69, 9.17) is 29.2 Å². The minimum Gasteiger partial charge on any atom is -0.496 e. The molecule has 1 aromatic carbocycles. The Labute approximate surface area is 238 Å². The van der Waals surface area contributed by atoms with Crippen LogP contribution in [0.2, 0.25) is 0 Å². The molecule has 2 aromatic heterocycles. The number of anilines is 2. The van der Waals surface area contributed by atoms with Crippen LogP contribution in [-0.4, -0.2) is 80.7 Å². The average Bonchev–Trinajstić information content (AvgIpc) is 2.99. The van der Waals surface area contributed by atoms with Gasteiger partial charge in [-0.2, -0.15) is 9.97 Å². The van der Waals surface area contributed by atoms with Crippen molar-refractivity contribution >= 4 is 22.8 Å². The van der Waals surface area contributed by atoms with Crippen LogP contribution in [0.5, 0.6) is 5.75 Å². The lowest BCUT2D eigenvalue weighted by atomic mass is 9.95. The number of fused-ring (bicyclic) bond motifs is 1. The van der Waals surface area contributed by atoms with E-state index in [2.05, 4.69) is 53.2 Å². The largest absolute Gasteiger partial charge is 0.496 e. The molecule has 3 aromatic rings. The summed E-state index contributed by atoms with van der Waals surface area (Å²) in [6.07, 6.45) is 6.47. The minimum atomic E-state index is 0.112. The Morgan fingerprint density at radius 2 is 1.93 bits per heavy atom. The van der Waals surface area contributed by atoms with E-state index in [1.54, 1.807) is 14.2 Å². The first kappa shape index (κ1) is 28.5. The maximum Gasteiger partial charge on any atom is 0.229 e. The van der Waals surface area contributed by atoms with Crippen LogP contribution in [0.4, 0.5) is 11.8 Å². The Morgan fingerprint density at radius 1 is 1.10 bits per heavy atom. The molecule has 1 saturated heterocycles. The third-order valence-corrected chi connectivity index (χ3v) is 8.31. The molecule has 0 bridgehead atoms. The van der Waals surface area contributed by atoms with E-state index in [0.717, 1.165) is 46.9 Å². The van der Waals surface area contributed by atoms with Crippen LogP contribution in [0, 0.1) is 0 Å². The molecule has 2 fully saturated rings. The fraction of sp³-hybridized carbons (Fsp3) is 0.581. The molecule has 0 spiro atoms. The molecule has 40 heavy (non-hydrogen) atoms. The number of aromatic nitrogens is 3. The third kappa shape index (κ3) is 6.32. The second-order valence-electron chi connectivity index (χ2n) is 11.2. The van der Waals surface area contributed by atoms with Crippen LogP contribution in [0.1, 0.15) is 51.5 Å². The lowest BCUT2D eigenvalue weighted by molar-refractivity contribution is 0.0987. The van der Waals surface area contributed by atoms with Crippen LogP contribution < -0.4 is 19.9 Å². The van der Waals surface area contributed by atoms with Crippen LogP contribution in [-0.2, 0) is 16.0 Å². The second kappa shape index (κ2) is 13.1. The quantitative estimate of drug-likeness (QED) is 0.383. The van der Waals surface area contributed by atoms with Gasteiger partial charge in [0.15, 0.2) is 5.65 Å². The maximum absolute atomic E-state index is 5.72. The van der Waals surface area contributed by atoms with E-state index < -0.39 is 0 Å². The Kier molecular flexibility index (Phi) is 9.34. The summed E-state index contributed by atoms with van der Waals surface area (Å²) in [7, 11) is 5.46. The van der Waals surface area contributed by atoms with Crippen molar-refractivity contribution in [1.29, 1.82) is 0 Å². The van der Waals surface area contributed by atoms with Gasteiger partial charge in [0.2, 0.25) is 5.95 Å². The molecule has 0 radical (unpaired) electrons. The normalized spacial score (nSPS) is 19.1. The minimum absolute atomic E-state index is 0.112. The lowest BCUT2D eigenvalue weighted by Crippen LogP contribution is -2.44. The average molecular weight is 549 g/mol. The molecular weight excluding hydrogens is 504 g/mol. The number of methoxy groups -OCH3 is 2. The number of hydrogen-bond donors (Lipinski definition) is 1. The molecular formula is C31H44N6O3. The Morgan fingerprint density at radius 3 is 2.67 bits per heavy atom. The number of likely N-dealkylation sites (N-methyl/N-ethyl adjacent to an activating group) is 1. The molecule has 3 heterocycles. The van der Waals surface area contributed by atoms with E-state index in [1.165, 1.54) is 32.1 Å². The fourth-order valence-corrected chi connectivity index (χ4v) is 5.75. The summed E-state index contributed by atoms with van der Waals surface area (Å²) >= 11 is 0. The van der Waals surface area contributed by atoms with Crippen molar-refractivity contribution in [1.82, 2.24) is 20.3 Å².